The number of nitrogens with one attached hydrogen (secondary N) is 1. The standard InChI is InChI=1S/C16H17Br2N3O3/c1-9-4-12(17)16(13(18)5-9)19-14(22)8-24-15(23)7-21-11(3)6-10(2)20-21/h4-6H,7-8H2,1-3H3,(H,19,22). The van der Waals surface area contributed by atoms with Crippen LogP contribution in [-0.4, -0.2) is 28.3 Å². The molecule has 0 radical (unpaired) electrons. The van der Waals surface area contributed by atoms with E-state index in [1.165, 1.54) is 0 Å². The maximum absolute atomic E-state index is 12.0. The SMILES string of the molecule is Cc1cc(Br)c(NC(=O)COC(=O)Cn2nc(C)cc2C)c(Br)c1. The smallest absolute Gasteiger partial charge is 0.328 e. The molecule has 1 heterocycles. The van der Waals surface area contributed by atoms with Gasteiger partial charge < -0.3 is 10.1 Å². The largest absolute Gasteiger partial charge is 0.454 e. The van der Waals surface area contributed by atoms with E-state index >= 15 is 0 Å². The first-order chi connectivity index (χ1) is 11.3. The molecule has 0 atom stereocenters. The van der Waals surface area contributed by atoms with Crippen LogP contribution in [0, 0.1) is 20.8 Å². The summed E-state index contributed by atoms with van der Waals surface area (Å²) in [6, 6.07) is 5.64. The molecule has 0 saturated heterocycles. The number of aromatic nitrogens is 2. The second-order valence-electron chi connectivity index (χ2n) is 5.40. The fourth-order valence-corrected chi connectivity index (χ4v) is 3.76. The minimum atomic E-state index is -0.515. The Balaban J connectivity index is 1.89. The van der Waals surface area contributed by atoms with E-state index in [1.54, 1.807) is 4.68 Å². The van der Waals surface area contributed by atoms with E-state index in [4.69, 9.17) is 4.74 Å². The molecule has 0 unspecified atom stereocenters. The Morgan fingerprint density at radius 1 is 1.17 bits per heavy atom. The van der Waals surface area contributed by atoms with Crippen LogP contribution in [0.1, 0.15) is 17.0 Å². The van der Waals surface area contributed by atoms with Crippen molar-refractivity contribution in [3.8, 4) is 0 Å². The molecule has 2 rings (SSSR count). The summed E-state index contributed by atoms with van der Waals surface area (Å²) in [6.07, 6.45) is 0. The van der Waals surface area contributed by atoms with Gasteiger partial charge in [0.1, 0.15) is 6.54 Å². The first-order valence-electron chi connectivity index (χ1n) is 7.18. The lowest BCUT2D eigenvalue weighted by Gasteiger charge is -2.11. The Labute approximate surface area is 156 Å². The minimum absolute atomic E-state index is 0.0229. The first-order valence-corrected chi connectivity index (χ1v) is 8.77. The molecule has 8 heteroatoms. The van der Waals surface area contributed by atoms with Gasteiger partial charge in [0.25, 0.3) is 5.91 Å². The van der Waals surface area contributed by atoms with Crippen molar-refractivity contribution in [1.82, 2.24) is 9.78 Å². The number of rotatable bonds is 5. The van der Waals surface area contributed by atoms with Gasteiger partial charge in [-0.2, -0.15) is 5.10 Å². The summed E-state index contributed by atoms with van der Waals surface area (Å²) in [5, 5.41) is 6.89. The zero-order chi connectivity index (χ0) is 17.9. The highest BCUT2D eigenvalue weighted by Gasteiger charge is 2.13. The van der Waals surface area contributed by atoms with E-state index < -0.39 is 11.9 Å². The van der Waals surface area contributed by atoms with Crippen molar-refractivity contribution < 1.29 is 14.3 Å². The van der Waals surface area contributed by atoms with E-state index in [2.05, 4.69) is 42.3 Å². The summed E-state index contributed by atoms with van der Waals surface area (Å²) in [5.74, 6) is -0.930. The van der Waals surface area contributed by atoms with Crippen molar-refractivity contribution >= 4 is 49.4 Å². The molecule has 0 bridgehead atoms. The van der Waals surface area contributed by atoms with Crippen LogP contribution in [0.4, 0.5) is 5.69 Å². The number of hydrogen-bond donors (Lipinski definition) is 1. The lowest BCUT2D eigenvalue weighted by atomic mass is 10.2. The highest BCUT2D eigenvalue weighted by molar-refractivity contribution is 9.11. The Hall–Kier alpha value is -1.67. The van der Waals surface area contributed by atoms with Gasteiger partial charge in [-0.3, -0.25) is 14.3 Å². The van der Waals surface area contributed by atoms with Crippen molar-refractivity contribution in [3.63, 3.8) is 0 Å². The fourth-order valence-electron chi connectivity index (χ4n) is 2.14. The maximum atomic E-state index is 12.0. The van der Waals surface area contributed by atoms with E-state index in [-0.39, 0.29) is 13.2 Å². The van der Waals surface area contributed by atoms with Crippen LogP contribution >= 0.6 is 31.9 Å². The number of aryl methyl sites for hydroxylation is 3. The van der Waals surface area contributed by atoms with E-state index in [0.717, 1.165) is 25.9 Å². The first kappa shape index (κ1) is 18.7. The quantitative estimate of drug-likeness (QED) is 0.695. The van der Waals surface area contributed by atoms with E-state index in [1.807, 2.05) is 39.0 Å². The number of hydrogen-bond acceptors (Lipinski definition) is 4. The molecule has 2 aromatic rings. The minimum Gasteiger partial charge on any atom is -0.454 e. The van der Waals surface area contributed by atoms with Crippen LogP contribution in [0.25, 0.3) is 0 Å². The Kier molecular flexibility index (Phi) is 6.17. The van der Waals surface area contributed by atoms with Crippen LogP contribution in [-0.2, 0) is 20.9 Å². The predicted molar refractivity (Wildman–Crippen MR) is 97.9 cm³/mol. The normalized spacial score (nSPS) is 10.5. The summed E-state index contributed by atoms with van der Waals surface area (Å²) in [7, 11) is 0. The van der Waals surface area contributed by atoms with Crippen LogP contribution in [0.15, 0.2) is 27.1 Å². The zero-order valence-corrected chi connectivity index (χ0v) is 16.7. The van der Waals surface area contributed by atoms with Gasteiger partial charge >= 0.3 is 5.97 Å². The molecule has 0 aliphatic rings. The number of amides is 1. The Morgan fingerprint density at radius 3 is 2.33 bits per heavy atom. The molecule has 0 fully saturated rings. The third-order valence-corrected chi connectivity index (χ3v) is 4.45. The molecule has 1 aromatic carbocycles. The number of anilines is 1. The number of carbonyl (C=O) groups excluding carboxylic acids is 2. The van der Waals surface area contributed by atoms with Crippen LogP contribution in [0.2, 0.25) is 0 Å². The lowest BCUT2D eigenvalue weighted by Crippen LogP contribution is -2.23. The number of ether oxygens (including phenoxy) is 1. The molecule has 0 saturated carbocycles. The van der Waals surface area contributed by atoms with Crippen molar-refractivity contribution in [2.24, 2.45) is 0 Å². The van der Waals surface area contributed by atoms with Crippen molar-refractivity contribution in [3.05, 3.63) is 44.1 Å². The summed E-state index contributed by atoms with van der Waals surface area (Å²) < 4.78 is 8.04. The summed E-state index contributed by atoms with van der Waals surface area (Å²) in [6.45, 7) is 5.27. The molecule has 1 N–H and O–H groups in total. The maximum Gasteiger partial charge on any atom is 0.328 e. The molecule has 0 aliphatic carbocycles. The Bertz CT molecular complexity index is 764. The van der Waals surface area contributed by atoms with Gasteiger partial charge in [-0.25, -0.2) is 0 Å². The number of nitrogens with zero attached hydrogens (tertiary/aromatic N) is 2. The highest BCUT2D eigenvalue weighted by Crippen LogP contribution is 2.32. The molecule has 1 amide bonds. The number of esters is 1. The topological polar surface area (TPSA) is 73.2 Å². The summed E-state index contributed by atoms with van der Waals surface area (Å²) in [5.41, 5.74) is 3.33. The molecule has 6 nitrogen and oxygen atoms in total. The lowest BCUT2D eigenvalue weighted by molar-refractivity contribution is -0.148. The Morgan fingerprint density at radius 2 is 1.79 bits per heavy atom. The second-order valence-corrected chi connectivity index (χ2v) is 7.11. The van der Waals surface area contributed by atoms with Gasteiger partial charge in [0.05, 0.1) is 11.4 Å². The summed E-state index contributed by atoms with van der Waals surface area (Å²) >= 11 is 6.79. The number of carbonyl (C=O) groups is 2. The van der Waals surface area contributed by atoms with Gasteiger partial charge in [0.15, 0.2) is 6.61 Å². The van der Waals surface area contributed by atoms with Gasteiger partial charge in [0.2, 0.25) is 0 Å². The van der Waals surface area contributed by atoms with Crippen molar-refractivity contribution in [2.75, 3.05) is 11.9 Å². The molecule has 0 spiro atoms. The van der Waals surface area contributed by atoms with Gasteiger partial charge in [-0.05, 0) is 76.4 Å². The fraction of sp³-hybridized carbons (Fsp3) is 0.312. The number of halogens is 2. The van der Waals surface area contributed by atoms with Gasteiger partial charge in [0, 0.05) is 14.6 Å². The molecule has 128 valence electrons. The number of benzene rings is 1. The van der Waals surface area contributed by atoms with Crippen molar-refractivity contribution in [1.29, 1.82) is 0 Å². The third-order valence-electron chi connectivity index (χ3n) is 3.20. The second kappa shape index (κ2) is 7.94. The molecule has 0 aliphatic heterocycles. The average Bonchev–Trinajstić information content (AvgIpc) is 2.78. The van der Waals surface area contributed by atoms with Crippen LogP contribution in [0.5, 0.6) is 0 Å². The van der Waals surface area contributed by atoms with E-state index in [9.17, 15) is 9.59 Å². The average molecular weight is 459 g/mol. The highest BCUT2D eigenvalue weighted by atomic mass is 79.9. The third kappa shape index (κ3) is 4.91. The van der Waals surface area contributed by atoms with Crippen LogP contribution < -0.4 is 5.32 Å². The zero-order valence-electron chi connectivity index (χ0n) is 13.5. The molecular formula is C16H17Br2N3O3. The molecular weight excluding hydrogens is 442 g/mol. The van der Waals surface area contributed by atoms with E-state index in [0.29, 0.717) is 5.69 Å². The van der Waals surface area contributed by atoms with Crippen LogP contribution in [0.3, 0.4) is 0 Å². The predicted octanol–water partition coefficient (Wildman–Crippen LogP) is 3.52. The molecule has 1 aromatic heterocycles. The van der Waals surface area contributed by atoms with Gasteiger partial charge in [-0.15, -0.1) is 0 Å². The monoisotopic (exact) mass is 457 g/mol. The van der Waals surface area contributed by atoms with Gasteiger partial charge in [-0.1, -0.05) is 0 Å². The summed E-state index contributed by atoms with van der Waals surface area (Å²) in [4.78, 5) is 23.8. The molecule has 24 heavy (non-hydrogen) atoms. The van der Waals surface area contributed by atoms with Crippen molar-refractivity contribution in [2.45, 2.75) is 27.3 Å².